The van der Waals surface area contributed by atoms with E-state index in [1.165, 1.54) is 32.7 Å². The Labute approximate surface area is 190 Å². The number of carbonyl (C=O) groups is 3. The van der Waals surface area contributed by atoms with Crippen molar-refractivity contribution in [3.63, 3.8) is 0 Å². The molecule has 2 aromatic rings. The molecule has 2 rings (SSSR count). The van der Waals surface area contributed by atoms with Gasteiger partial charge in [0.05, 0.1) is 39.9 Å². The topological polar surface area (TPSA) is 109 Å². The first-order valence-electron chi connectivity index (χ1n) is 9.77. The van der Waals surface area contributed by atoms with Crippen LogP contribution in [0.4, 0.5) is 5.00 Å². The van der Waals surface area contributed by atoms with Gasteiger partial charge in [-0.1, -0.05) is 0 Å². The van der Waals surface area contributed by atoms with Crippen LogP contribution < -0.4 is 19.5 Å². The number of aryl methyl sites for hydroxylation is 1. The van der Waals surface area contributed by atoms with Crippen molar-refractivity contribution in [2.45, 2.75) is 27.2 Å². The molecule has 1 aromatic carbocycles. The summed E-state index contributed by atoms with van der Waals surface area (Å²) in [6, 6.07) is 3.26. The summed E-state index contributed by atoms with van der Waals surface area (Å²) in [5, 5.41) is 2.99. The van der Waals surface area contributed by atoms with Crippen molar-refractivity contribution in [3.8, 4) is 17.2 Å². The number of nitrogens with one attached hydrogen (secondary N) is 1. The van der Waals surface area contributed by atoms with E-state index < -0.39 is 24.5 Å². The lowest BCUT2D eigenvalue weighted by Crippen LogP contribution is -2.22. The summed E-state index contributed by atoms with van der Waals surface area (Å²) < 4.78 is 25.9. The molecule has 1 aromatic heterocycles. The number of amides is 1. The molecule has 0 spiro atoms. The van der Waals surface area contributed by atoms with Crippen molar-refractivity contribution < 1.29 is 38.1 Å². The quantitative estimate of drug-likeness (QED) is 0.533. The predicted octanol–water partition coefficient (Wildman–Crippen LogP) is 3.29. The van der Waals surface area contributed by atoms with Gasteiger partial charge in [-0.25, -0.2) is 4.79 Å². The summed E-state index contributed by atoms with van der Waals surface area (Å²) >= 11 is 1.26. The molecule has 1 heterocycles. The van der Waals surface area contributed by atoms with Gasteiger partial charge >= 0.3 is 11.9 Å². The number of thiophene rings is 1. The SMILES string of the molecule is CCOC(=O)c1c(NC(=O)COC(=O)Cc2cc(OC)c(OC)c(OC)c2)sc(C)c1C. The van der Waals surface area contributed by atoms with Crippen LogP contribution >= 0.6 is 11.3 Å². The number of rotatable bonds is 10. The Bertz CT molecular complexity index is 973. The summed E-state index contributed by atoms with van der Waals surface area (Å²) in [5.74, 6) is -0.465. The molecule has 1 N–H and O–H groups in total. The van der Waals surface area contributed by atoms with Crippen molar-refractivity contribution in [2.75, 3.05) is 39.9 Å². The Balaban J connectivity index is 2.02. The van der Waals surface area contributed by atoms with E-state index >= 15 is 0 Å². The van der Waals surface area contributed by atoms with E-state index in [0.717, 1.165) is 10.4 Å². The number of benzene rings is 1. The maximum Gasteiger partial charge on any atom is 0.341 e. The first-order valence-corrected chi connectivity index (χ1v) is 10.6. The standard InChI is InChI=1S/C22H27NO8S/c1-7-30-22(26)19-12(2)13(3)32-21(19)23-17(24)11-31-18(25)10-14-8-15(27-4)20(29-6)16(9-14)28-5/h8-9H,7,10-11H2,1-6H3,(H,23,24). The second-order valence-electron chi connectivity index (χ2n) is 6.63. The number of hydrogen-bond acceptors (Lipinski definition) is 9. The number of esters is 2. The lowest BCUT2D eigenvalue weighted by Gasteiger charge is -2.14. The molecule has 0 saturated heterocycles. The number of anilines is 1. The van der Waals surface area contributed by atoms with Crippen LogP contribution in [0.15, 0.2) is 12.1 Å². The van der Waals surface area contributed by atoms with E-state index in [1.807, 2.05) is 6.92 Å². The van der Waals surface area contributed by atoms with Gasteiger partial charge in [-0.15, -0.1) is 11.3 Å². The van der Waals surface area contributed by atoms with Crippen LogP contribution in [0, 0.1) is 13.8 Å². The Hall–Kier alpha value is -3.27. The highest BCUT2D eigenvalue weighted by atomic mass is 32.1. The Morgan fingerprint density at radius 3 is 2.12 bits per heavy atom. The molecule has 0 aliphatic rings. The second-order valence-corrected chi connectivity index (χ2v) is 7.85. The van der Waals surface area contributed by atoms with E-state index in [1.54, 1.807) is 26.0 Å². The molecular weight excluding hydrogens is 438 g/mol. The molecule has 0 atom stereocenters. The van der Waals surface area contributed by atoms with Gasteiger partial charge in [0.1, 0.15) is 5.00 Å². The summed E-state index contributed by atoms with van der Waals surface area (Å²) in [6.45, 7) is 5.06. The third kappa shape index (κ3) is 5.91. The van der Waals surface area contributed by atoms with Gasteiger partial charge in [0.25, 0.3) is 5.91 Å². The average Bonchev–Trinajstić information content (AvgIpc) is 3.04. The Kier molecular flexibility index (Phi) is 8.89. The molecule has 0 bridgehead atoms. The lowest BCUT2D eigenvalue weighted by molar-refractivity contribution is -0.146. The second kappa shape index (κ2) is 11.4. The van der Waals surface area contributed by atoms with E-state index in [2.05, 4.69) is 5.32 Å². The van der Waals surface area contributed by atoms with Gasteiger partial charge in [-0.05, 0) is 44.0 Å². The minimum absolute atomic E-state index is 0.102. The van der Waals surface area contributed by atoms with Gasteiger partial charge in [0.2, 0.25) is 5.75 Å². The highest BCUT2D eigenvalue weighted by Gasteiger charge is 2.22. The van der Waals surface area contributed by atoms with Crippen LogP contribution in [0.3, 0.4) is 0 Å². The minimum Gasteiger partial charge on any atom is -0.493 e. The molecule has 9 nitrogen and oxygen atoms in total. The number of ether oxygens (including phenoxy) is 5. The predicted molar refractivity (Wildman–Crippen MR) is 119 cm³/mol. The summed E-state index contributed by atoms with van der Waals surface area (Å²) in [6.07, 6.45) is -0.102. The molecule has 0 aliphatic heterocycles. The molecule has 1 amide bonds. The van der Waals surface area contributed by atoms with Crippen molar-refractivity contribution in [2.24, 2.45) is 0 Å². The van der Waals surface area contributed by atoms with Crippen LogP contribution in [0.25, 0.3) is 0 Å². The maximum atomic E-state index is 12.3. The highest BCUT2D eigenvalue weighted by molar-refractivity contribution is 7.16. The molecule has 0 aliphatic carbocycles. The highest BCUT2D eigenvalue weighted by Crippen LogP contribution is 2.38. The molecule has 174 valence electrons. The smallest absolute Gasteiger partial charge is 0.341 e. The van der Waals surface area contributed by atoms with Gasteiger partial charge in [0.15, 0.2) is 18.1 Å². The first kappa shape index (κ1) is 25.0. The number of methoxy groups -OCH3 is 3. The monoisotopic (exact) mass is 465 g/mol. The zero-order valence-electron chi connectivity index (χ0n) is 19.0. The van der Waals surface area contributed by atoms with Gasteiger partial charge in [0, 0.05) is 4.88 Å². The maximum absolute atomic E-state index is 12.3. The first-order chi connectivity index (χ1) is 15.2. The summed E-state index contributed by atoms with van der Waals surface area (Å²) in [7, 11) is 4.43. The fourth-order valence-corrected chi connectivity index (χ4v) is 3.99. The van der Waals surface area contributed by atoms with Crippen molar-refractivity contribution >= 4 is 34.2 Å². The third-order valence-electron chi connectivity index (χ3n) is 4.56. The average molecular weight is 466 g/mol. The van der Waals surface area contributed by atoms with Crippen LogP contribution in [-0.2, 0) is 25.5 Å². The van der Waals surface area contributed by atoms with Gasteiger partial charge in [-0.2, -0.15) is 0 Å². The molecule has 0 saturated carbocycles. The van der Waals surface area contributed by atoms with Crippen molar-refractivity contribution in [1.82, 2.24) is 0 Å². The zero-order chi connectivity index (χ0) is 23.8. The Morgan fingerprint density at radius 1 is 0.969 bits per heavy atom. The molecule has 0 fully saturated rings. The number of hydrogen-bond donors (Lipinski definition) is 1. The largest absolute Gasteiger partial charge is 0.493 e. The van der Waals surface area contributed by atoms with E-state index in [4.69, 9.17) is 23.7 Å². The van der Waals surface area contributed by atoms with Crippen LogP contribution in [0.5, 0.6) is 17.2 Å². The van der Waals surface area contributed by atoms with E-state index in [0.29, 0.717) is 33.4 Å². The van der Waals surface area contributed by atoms with Crippen LogP contribution in [-0.4, -0.2) is 52.4 Å². The fraction of sp³-hybridized carbons (Fsp3) is 0.409. The molecule has 10 heteroatoms. The fourth-order valence-electron chi connectivity index (χ4n) is 2.93. The number of carbonyl (C=O) groups excluding carboxylic acids is 3. The van der Waals surface area contributed by atoms with Crippen molar-refractivity contribution in [3.05, 3.63) is 33.7 Å². The molecular formula is C22H27NO8S. The summed E-state index contributed by atoms with van der Waals surface area (Å²) in [5.41, 5.74) is 1.62. The van der Waals surface area contributed by atoms with Crippen LogP contribution in [0.1, 0.15) is 33.3 Å². The minimum atomic E-state index is -0.612. The van der Waals surface area contributed by atoms with Crippen molar-refractivity contribution in [1.29, 1.82) is 0 Å². The van der Waals surface area contributed by atoms with Gasteiger partial charge < -0.3 is 29.0 Å². The van der Waals surface area contributed by atoms with E-state index in [9.17, 15) is 14.4 Å². The van der Waals surface area contributed by atoms with E-state index in [-0.39, 0.29) is 13.0 Å². The normalized spacial score (nSPS) is 10.3. The van der Waals surface area contributed by atoms with Crippen LogP contribution in [0.2, 0.25) is 0 Å². The zero-order valence-corrected chi connectivity index (χ0v) is 19.8. The molecule has 32 heavy (non-hydrogen) atoms. The summed E-state index contributed by atoms with van der Waals surface area (Å²) in [4.78, 5) is 37.7. The molecule has 0 unspecified atom stereocenters. The van der Waals surface area contributed by atoms with Gasteiger partial charge in [-0.3, -0.25) is 9.59 Å². The lowest BCUT2D eigenvalue weighted by atomic mass is 10.1. The Morgan fingerprint density at radius 2 is 1.59 bits per heavy atom. The third-order valence-corrected chi connectivity index (χ3v) is 5.68. The molecule has 0 radical (unpaired) electrons.